The number of aliphatic hydroxyl groups is 2. The molecule has 49 heavy (non-hydrogen) atoms. The summed E-state index contributed by atoms with van der Waals surface area (Å²) in [5, 5.41) is 22.7. The van der Waals surface area contributed by atoms with Crippen LogP contribution in [0.15, 0.2) is 85.1 Å². The van der Waals surface area contributed by atoms with Gasteiger partial charge >= 0.3 is 0 Å². The first kappa shape index (κ1) is 46.6. The van der Waals surface area contributed by atoms with E-state index in [9.17, 15) is 15.0 Å². The van der Waals surface area contributed by atoms with E-state index in [1.54, 1.807) is 6.08 Å². The number of carbonyl (C=O) groups excluding carboxylic acids is 1. The maximum Gasteiger partial charge on any atom is 0.220 e. The fourth-order valence-corrected chi connectivity index (χ4v) is 5.50. The van der Waals surface area contributed by atoms with Crippen molar-refractivity contribution in [2.75, 3.05) is 6.61 Å². The van der Waals surface area contributed by atoms with Gasteiger partial charge in [0.05, 0.1) is 18.8 Å². The van der Waals surface area contributed by atoms with Crippen molar-refractivity contribution in [2.45, 2.75) is 187 Å². The van der Waals surface area contributed by atoms with Gasteiger partial charge in [0.15, 0.2) is 0 Å². The molecule has 0 aromatic carbocycles. The van der Waals surface area contributed by atoms with Crippen LogP contribution in [0.1, 0.15) is 174 Å². The second-order valence-corrected chi connectivity index (χ2v) is 13.3. The molecule has 0 aliphatic rings. The normalized spacial score (nSPS) is 14.0. The summed E-state index contributed by atoms with van der Waals surface area (Å²) < 4.78 is 0. The fourth-order valence-electron chi connectivity index (χ4n) is 5.50. The predicted octanol–water partition coefficient (Wildman–Crippen LogP) is 12.5. The van der Waals surface area contributed by atoms with E-state index in [0.29, 0.717) is 6.42 Å². The molecule has 0 aromatic rings. The zero-order chi connectivity index (χ0) is 35.7. The van der Waals surface area contributed by atoms with Crippen LogP contribution >= 0.6 is 0 Å². The van der Waals surface area contributed by atoms with Crippen LogP contribution in [0.5, 0.6) is 0 Å². The van der Waals surface area contributed by atoms with E-state index in [2.05, 4.69) is 92.1 Å². The van der Waals surface area contributed by atoms with Crippen LogP contribution in [0, 0.1) is 0 Å². The molecular formula is C45H77NO3. The Labute approximate surface area is 303 Å². The molecule has 0 bridgehead atoms. The van der Waals surface area contributed by atoms with Crippen LogP contribution in [-0.2, 0) is 4.79 Å². The van der Waals surface area contributed by atoms with Crippen LogP contribution in [-0.4, -0.2) is 34.9 Å². The van der Waals surface area contributed by atoms with Crippen molar-refractivity contribution in [3.63, 3.8) is 0 Å². The van der Waals surface area contributed by atoms with Crippen molar-refractivity contribution >= 4 is 5.91 Å². The van der Waals surface area contributed by atoms with E-state index in [0.717, 1.165) is 64.2 Å². The van der Waals surface area contributed by atoms with E-state index >= 15 is 0 Å². The van der Waals surface area contributed by atoms with Gasteiger partial charge in [0.1, 0.15) is 0 Å². The van der Waals surface area contributed by atoms with Crippen LogP contribution < -0.4 is 5.32 Å². The van der Waals surface area contributed by atoms with Crippen LogP contribution in [0.3, 0.4) is 0 Å². The number of hydrogen-bond donors (Lipinski definition) is 3. The average Bonchev–Trinajstić information content (AvgIpc) is 3.10. The third-order valence-corrected chi connectivity index (χ3v) is 8.61. The number of unbranched alkanes of at least 4 members (excludes halogenated alkanes) is 16. The van der Waals surface area contributed by atoms with Gasteiger partial charge in [-0.2, -0.15) is 0 Å². The molecule has 0 heterocycles. The monoisotopic (exact) mass is 680 g/mol. The SMILES string of the molecule is CC/C=C\C/C=C\C/C=C\C/C=C\C/C=C\CCCCCCCCCCCCCCCC(=O)NC(CO)C(O)/C=C/CC/C=C/CCCC. The lowest BCUT2D eigenvalue weighted by Gasteiger charge is -2.19. The molecule has 0 aliphatic carbocycles. The van der Waals surface area contributed by atoms with Crippen molar-refractivity contribution < 1.29 is 15.0 Å². The molecule has 2 atom stereocenters. The summed E-state index contributed by atoms with van der Waals surface area (Å²) in [6.07, 6.45) is 58.4. The van der Waals surface area contributed by atoms with E-state index in [4.69, 9.17) is 0 Å². The smallest absolute Gasteiger partial charge is 0.220 e. The van der Waals surface area contributed by atoms with Crippen molar-refractivity contribution in [1.82, 2.24) is 5.32 Å². The molecule has 4 nitrogen and oxygen atoms in total. The molecule has 1 amide bonds. The molecule has 3 N–H and O–H groups in total. The van der Waals surface area contributed by atoms with E-state index in [-0.39, 0.29) is 12.5 Å². The minimum Gasteiger partial charge on any atom is -0.394 e. The molecule has 0 aliphatic heterocycles. The average molecular weight is 680 g/mol. The summed E-state index contributed by atoms with van der Waals surface area (Å²) in [6, 6.07) is -0.640. The molecule has 0 saturated carbocycles. The second kappa shape index (κ2) is 40.0. The first-order valence-electron chi connectivity index (χ1n) is 20.3. The van der Waals surface area contributed by atoms with Crippen LogP contribution in [0.2, 0.25) is 0 Å². The summed E-state index contributed by atoms with van der Waals surface area (Å²) in [5.41, 5.74) is 0. The lowest BCUT2D eigenvalue weighted by atomic mass is 10.0. The Balaban J connectivity index is 3.54. The van der Waals surface area contributed by atoms with Crippen LogP contribution in [0.4, 0.5) is 0 Å². The summed E-state index contributed by atoms with van der Waals surface area (Å²) in [5.74, 6) is -0.0838. The topological polar surface area (TPSA) is 69.6 Å². The standard InChI is InChI=1S/C45H77NO3/c1-3-5-7-9-11-13-14-15-16-17-18-19-20-21-22-23-24-25-26-27-28-29-30-31-32-33-35-37-39-41-45(49)46-43(42-47)44(48)40-38-36-34-12-10-8-6-4-2/h5,7,10-13,15-16,18-19,21-22,38,40,43-44,47-48H,3-4,6,8-9,14,17,20,23-37,39,41-42H2,1-2H3,(H,46,49)/b7-5-,12-10+,13-11-,16-15-,19-18-,22-21-,40-38+. The number of hydrogen-bond acceptors (Lipinski definition) is 3. The summed E-state index contributed by atoms with van der Waals surface area (Å²) >= 11 is 0. The van der Waals surface area contributed by atoms with E-state index < -0.39 is 12.1 Å². The predicted molar refractivity (Wildman–Crippen MR) is 216 cm³/mol. The molecule has 0 radical (unpaired) electrons. The number of nitrogens with one attached hydrogen (secondary N) is 1. The Morgan fingerprint density at radius 3 is 1.43 bits per heavy atom. The van der Waals surface area contributed by atoms with E-state index in [1.165, 1.54) is 89.9 Å². The number of rotatable bonds is 35. The highest BCUT2D eigenvalue weighted by molar-refractivity contribution is 5.76. The number of aliphatic hydroxyl groups excluding tert-OH is 2. The highest BCUT2D eigenvalue weighted by atomic mass is 16.3. The van der Waals surface area contributed by atoms with Crippen molar-refractivity contribution in [1.29, 1.82) is 0 Å². The third-order valence-electron chi connectivity index (χ3n) is 8.61. The third kappa shape index (κ3) is 36.7. The number of carbonyl (C=O) groups is 1. The molecule has 0 aromatic heterocycles. The Morgan fingerprint density at radius 1 is 0.510 bits per heavy atom. The Bertz CT molecular complexity index is 910. The minimum atomic E-state index is -0.863. The maximum absolute atomic E-state index is 12.3. The van der Waals surface area contributed by atoms with Gasteiger partial charge in [-0.15, -0.1) is 0 Å². The van der Waals surface area contributed by atoms with Gasteiger partial charge in [0.2, 0.25) is 5.91 Å². The van der Waals surface area contributed by atoms with Gasteiger partial charge < -0.3 is 15.5 Å². The lowest BCUT2D eigenvalue weighted by molar-refractivity contribution is -0.123. The van der Waals surface area contributed by atoms with Crippen LogP contribution in [0.25, 0.3) is 0 Å². The fraction of sp³-hybridized carbons (Fsp3) is 0.667. The maximum atomic E-state index is 12.3. The summed E-state index contributed by atoms with van der Waals surface area (Å²) in [6.45, 7) is 4.09. The van der Waals surface area contributed by atoms with Gasteiger partial charge in [-0.05, 0) is 70.6 Å². The quantitative estimate of drug-likeness (QED) is 0.0461. The van der Waals surface area contributed by atoms with Crippen molar-refractivity contribution in [3.8, 4) is 0 Å². The molecule has 0 saturated heterocycles. The highest BCUT2D eigenvalue weighted by Gasteiger charge is 2.17. The molecule has 2 unspecified atom stereocenters. The van der Waals surface area contributed by atoms with Gasteiger partial charge in [0, 0.05) is 6.42 Å². The molecule has 0 fully saturated rings. The van der Waals surface area contributed by atoms with Gasteiger partial charge in [-0.3, -0.25) is 4.79 Å². The Kier molecular flexibility index (Phi) is 38.0. The van der Waals surface area contributed by atoms with E-state index in [1.807, 2.05) is 6.08 Å². The van der Waals surface area contributed by atoms with Gasteiger partial charge in [-0.25, -0.2) is 0 Å². The molecule has 0 rings (SSSR count). The molecule has 280 valence electrons. The largest absolute Gasteiger partial charge is 0.394 e. The van der Waals surface area contributed by atoms with Gasteiger partial charge in [-0.1, -0.05) is 182 Å². The second-order valence-electron chi connectivity index (χ2n) is 13.3. The minimum absolute atomic E-state index is 0.0838. The Morgan fingerprint density at radius 2 is 0.918 bits per heavy atom. The lowest BCUT2D eigenvalue weighted by Crippen LogP contribution is -2.45. The summed E-state index contributed by atoms with van der Waals surface area (Å²) in [4.78, 5) is 12.3. The first-order chi connectivity index (χ1) is 24.2. The molecule has 0 spiro atoms. The first-order valence-corrected chi connectivity index (χ1v) is 20.3. The zero-order valence-electron chi connectivity index (χ0n) is 31.9. The molecular weight excluding hydrogens is 602 g/mol. The summed E-state index contributed by atoms with van der Waals surface area (Å²) in [7, 11) is 0. The highest BCUT2D eigenvalue weighted by Crippen LogP contribution is 2.14. The van der Waals surface area contributed by atoms with Crippen molar-refractivity contribution in [3.05, 3.63) is 85.1 Å². The van der Waals surface area contributed by atoms with Crippen molar-refractivity contribution in [2.24, 2.45) is 0 Å². The number of amides is 1. The Hall–Kier alpha value is -2.43. The molecule has 4 heteroatoms. The van der Waals surface area contributed by atoms with Gasteiger partial charge in [0.25, 0.3) is 0 Å². The number of allylic oxidation sites excluding steroid dienone is 13. The zero-order valence-corrected chi connectivity index (χ0v) is 31.9.